The Labute approximate surface area is 187 Å². The van der Waals surface area contributed by atoms with Crippen LogP contribution < -0.4 is 10.6 Å². The van der Waals surface area contributed by atoms with E-state index < -0.39 is 24.9 Å². The van der Waals surface area contributed by atoms with Crippen molar-refractivity contribution >= 4 is 18.9 Å². The zero-order chi connectivity index (χ0) is 22.8. The van der Waals surface area contributed by atoms with Gasteiger partial charge in [-0.15, -0.1) is 0 Å². The second-order valence-corrected chi connectivity index (χ2v) is 7.15. The highest BCUT2D eigenvalue weighted by Gasteiger charge is 2.24. The number of carbonyl (C=O) groups is 2. The maximum atomic E-state index is 12.1. The SMILES string of the molecule is O=C(/C=C/C(=O)N[C@@H](Cc1ccccc1)B(O)O)NCc1cccc(-c2ccccc2)n1. The van der Waals surface area contributed by atoms with Crippen LogP contribution in [0.15, 0.2) is 91.0 Å². The summed E-state index contributed by atoms with van der Waals surface area (Å²) in [6, 6.07) is 24.4. The first-order chi connectivity index (χ1) is 15.5. The number of hydrogen-bond donors (Lipinski definition) is 4. The molecule has 7 nitrogen and oxygen atoms in total. The van der Waals surface area contributed by atoms with Gasteiger partial charge >= 0.3 is 7.12 Å². The molecule has 4 N–H and O–H groups in total. The van der Waals surface area contributed by atoms with Crippen molar-refractivity contribution in [1.82, 2.24) is 15.6 Å². The van der Waals surface area contributed by atoms with E-state index in [0.29, 0.717) is 5.69 Å². The molecule has 2 aromatic carbocycles. The fourth-order valence-corrected chi connectivity index (χ4v) is 3.07. The number of rotatable bonds is 9. The summed E-state index contributed by atoms with van der Waals surface area (Å²) in [5.74, 6) is -1.96. The number of aromatic nitrogens is 1. The van der Waals surface area contributed by atoms with Crippen LogP contribution in [0.3, 0.4) is 0 Å². The number of hydrogen-bond acceptors (Lipinski definition) is 5. The zero-order valence-corrected chi connectivity index (χ0v) is 17.4. The first kappa shape index (κ1) is 22.9. The Bertz CT molecular complexity index is 1060. The van der Waals surface area contributed by atoms with Crippen LogP contribution in [0.1, 0.15) is 11.3 Å². The Kier molecular flexibility index (Phi) is 8.31. The summed E-state index contributed by atoms with van der Waals surface area (Å²) < 4.78 is 0. The molecule has 8 heteroatoms. The van der Waals surface area contributed by atoms with Gasteiger partial charge in [0.25, 0.3) is 0 Å². The smallest absolute Gasteiger partial charge is 0.426 e. The predicted molar refractivity (Wildman–Crippen MR) is 123 cm³/mol. The van der Waals surface area contributed by atoms with Gasteiger partial charge in [-0.1, -0.05) is 66.7 Å². The molecule has 0 saturated carbocycles. The number of nitrogens with one attached hydrogen (secondary N) is 2. The van der Waals surface area contributed by atoms with Gasteiger partial charge in [-0.05, 0) is 24.1 Å². The van der Waals surface area contributed by atoms with Crippen molar-refractivity contribution in [3.05, 3.63) is 102 Å². The molecule has 32 heavy (non-hydrogen) atoms. The third kappa shape index (κ3) is 7.19. The van der Waals surface area contributed by atoms with E-state index >= 15 is 0 Å². The standard InChI is InChI=1S/C24H24BN3O4/c29-23(26-17-20-12-7-13-21(27-20)19-10-5-2-6-11-19)14-15-24(30)28-22(25(31)32)16-18-8-3-1-4-9-18/h1-15,22,31-32H,16-17H2,(H,26,29)(H,28,30)/b15-14+/t22-/m0/s1. The monoisotopic (exact) mass is 429 g/mol. The quantitative estimate of drug-likeness (QED) is 0.306. The van der Waals surface area contributed by atoms with Crippen molar-refractivity contribution in [2.75, 3.05) is 0 Å². The molecule has 3 aromatic rings. The first-order valence-electron chi connectivity index (χ1n) is 10.2. The zero-order valence-electron chi connectivity index (χ0n) is 17.4. The first-order valence-corrected chi connectivity index (χ1v) is 10.2. The summed E-state index contributed by atoms with van der Waals surface area (Å²) in [5.41, 5.74) is 3.31. The van der Waals surface area contributed by atoms with Crippen LogP contribution >= 0.6 is 0 Å². The maximum absolute atomic E-state index is 12.1. The van der Waals surface area contributed by atoms with Gasteiger partial charge in [0.05, 0.1) is 23.9 Å². The molecule has 2 amide bonds. The Morgan fingerprint density at radius 3 is 2.22 bits per heavy atom. The summed E-state index contributed by atoms with van der Waals surface area (Å²) in [6.45, 7) is 0.206. The molecule has 0 spiro atoms. The number of amides is 2. The van der Waals surface area contributed by atoms with E-state index in [9.17, 15) is 19.6 Å². The molecular weight excluding hydrogens is 405 g/mol. The Hall–Kier alpha value is -3.75. The molecule has 0 saturated heterocycles. The van der Waals surface area contributed by atoms with Gasteiger partial charge in [-0.3, -0.25) is 14.6 Å². The lowest BCUT2D eigenvalue weighted by Crippen LogP contribution is -2.47. The van der Waals surface area contributed by atoms with E-state index in [1.165, 1.54) is 0 Å². The van der Waals surface area contributed by atoms with Gasteiger partial charge in [-0.25, -0.2) is 0 Å². The number of nitrogens with zero attached hydrogens (tertiary/aromatic N) is 1. The van der Waals surface area contributed by atoms with Crippen molar-refractivity contribution in [1.29, 1.82) is 0 Å². The van der Waals surface area contributed by atoms with Gasteiger partial charge in [-0.2, -0.15) is 0 Å². The van der Waals surface area contributed by atoms with Gasteiger partial charge in [0.2, 0.25) is 11.8 Å². The van der Waals surface area contributed by atoms with Gasteiger partial charge < -0.3 is 20.7 Å². The van der Waals surface area contributed by atoms with Crippen LogP contribution in [0.4, 0.5) is 0 Å². The highest BCUT2D eigenvalue weighted by molar-refractivity contribution is 6.43. The van der Waals surface area contributed by atoms with Crippen LogP contribution in [-0.2, 0) is 22.6 Å². The van der Waals surface area contributed by atoms with Gasteiger partial charge in [0.1, 0.15) is 0 Å². The minimum atomic E-state index is -1.73. The summed E-state index contributed by atoms with van der Waals surface area (Å²) in [4.78, 5) is 28.7. The molecule has 162 valence electrons. The highest BCUT2D eigenvalue weighted by atomic mass is 16.4. The van der Waals surface area contributed by atoms with Crippen LogP contribution in [0.25, 0.3) is 11.3 Å². The fraction of sp³-hybridized carbons (Fsp3) is 0.125. The molecule has 0 bridgehead atoms. The number of pyridine rings is 1. The van der Waals surface area contributed by atoms with Crippen molar-refractivity contribution in [3.63, 3.8) is 0 Å². The molecule has 0 radical (unpaired) electrons. The minimum absolute atomic E-state index is 0.206. The maximum Gasteiger partial charge on any atom is 0.475 e. The molecule has 0 unspecified atom stereocenters. The largest absolute Gasteiger partial charge is 0.475 e. The lowest BCUT2D eigenvalue weighted by Gasteiger charge is -2.16. The Balaban J connectivity index is 1.51. The lowest BCUT2D eigenvalue weighted by atomic mass is 9.76. The minimum Gasteiger partial charge on any atom is -0.426 e. The van der Waals surface area contributed by atoms with Crippen LogP contribution in [0.5, 0.6) is 0 Å². The molecule has 0 aliphatic rings. The van der Waals surface area contributed by atoms with Crippen LogP contribution in [0, 0.1) is 0 Å². The highest BCUT2D eigenvalue weighted by Crippen LogP contribution is 2.16. The summed E-state index contributed by atoms with van der Waals surface area (Å²) in [6.07, 6.45) is 2.40. The molecule has 3 rings (SSSR count). The second-order valence-electron chi connectivity index (χ2n) is 7.15. The van der Waals surface area contributed by atoms with E-state index in [4.69, 9.17) is 0 Å². The number of benzene rings is 2. The molecule has 1 heterocycles. The normalized spacial score (nSPS) is 11.7. The molecular formula is C24H24BN3O4. The van der Waals surface area contributed by atoms with Crippen molar-refractivity contribution in [3.8, 4) is 11.3 Å². The molecule has 1 aromatic heterocycles. The molecule has 0 fully saturated rings. The van der Waals surface area contributed by atoms with E-state index in [-0.39, 0.29) is 13.0 Å². The molecule has 0 aliphatic carbocycles. The second kappa shape index (κ2) is 11.6. The van der Waals surface area contributed by atoms with Crippen LogP contribution in [0.2, 0.25) is 0 Å². The Morgan fingerprint density at radius 2 is 1.53 bits per heavy atom. The van der Waals surface area contributed by atoms with E-state index in [0.717, 1.165) is 29.0 Å². The summed E-state index contributed by atoms with van der Waals surface area (Å²) in [7, 11) is -1.73. The summed E-state index contributed by atoms with van der Waals surface area (Å²) in [5, 5.41) is 24.3. The van der Waals surface area contributed by atoms with Crippen molar-refractivity contribution in [2.24, 2.45) is 0 Å². The van der Waals surface area contributed by atoms with Crippen molar-refractivity contribution in [2.45, 2.75) is 18.9 Å². The average molecular weight is 429 g/mol. The third-order valence-electron chi connectivity index (χ3n) is 4.69. The summed E-state index contributed by atoms with van der Waals surface area (Å²) >= 11 is 0. The topological polar surface area (TPSA) is 112 Å². The average Bonchev–Trinajstić information content (AvgIpc) is 2.82. The van der Waals surface area contributed by atoms with E-state index in [1.54, 1.807) is 6.07 Å². The molecule has 0 aliphatic heterocycles. The lowest BCUT2D eigenvalue weighted by molar-refractivity contribution is -0.119. The fourth-order valence-electron chi connectivity index (χ4n) is 3.07. The van der Waals surface area contributed by atoms with E-state index in [1.807, 2.05) is 72.8 Å². The van der Waals surface area contributed by atoms with E-state index in [2.05, 4.69) is 15.6 Å². The van der Waals surface area contributed by atoms with Crippen molar-refractivity contribution < 1.29 is 19.6 Å². The van der Waals surface area contributed by atoms with Gasteiger partial charge in [0.15, 0.2) is 0 Å². The predicted octanol–water partition coefficient (Wildman–Crippen LogP) is 1.66. The van der Waals surface area contributed by atoms with Gasteiger partial charge in [0, 0.05) is 17.7 Å². The Morgan fingerprint density at radius 1 is 0.875 bits per heavy atom. The molecule has 1 atom stereocenters. The van der Waals surface area contributed by atoms with Crippen LogP contribution in [-0.4, -0.2) is 39.9 Å². The third-order valence-corrected chi connectivity index (χ3v) is 4.69. The number of carbonyl (C=O) groups excluding carboxylic acids is 2.